The van der Waals surface area contributed by atoms with E-state index in [1.54, 1.807) is 0 Å². The van der Waals surface area contributed by atoms with Gasteiger partial charge in [0, 0.05) is 43.3 Å². The van der Waals surface area contributed by atoms with E-state index in [0.29, 0.717) is 11.8 Å². The summed E-state index contributed by atoms with van der Waals surface area (Å²) in [6.45, 7) is 4.66. The van der Waals surface area contributed by atoms with Gasteiger partial charge in [-0.2, -0.15) is 0 Å². The van der Waals surface area contributed by atoms with Crippen molar-refractivity contribution in [3.05, 3.63) is 147 Å². The van der Waals surface area contributed by atoms with E-state index >= 15 is 0 Å². The molecule has 3 aliphatic carbocycles. The molecule has 0 N–H and O–H groups in total. The van der Waals surface area contributed by atoms with Crippen molar-refractivity contribution in [2.24, 2.45) is 11.8 Å². The number of nitrogens with zero attached hydrogens (tertiary/aromatic N) is 2. The van der Waals surface area contributed by atoms with Gasteiger partial charge in [0.2, 0.25) is 0 Å². The zero-order chi connectivity index (χ0) is 30.8. The summed E-state index contributed by atoms with van der Waals surface area (Å²) in [5.41, 5.74) is 10.8. The van der Waals surface area contributed by atoms with Crippen LogP contribution in [0.5, 0.6) is 0 Å². The van der Waals surface area contributed by atoms with Crippen LogP contribution in [0, 0.1) is 18.8 Å². The summed E-state index contributed by atoms with van der Waals surface area (Å²) in [4.78, 5) is 0. The van der Waals surface area contributed by atoms with Crippen molar-refractivity contribution in [1.29, 1.82) is 0 Å². The maximum Gasteiger partial charge on any atom is 0.0540 e. The van der Waals surface area contributed by atoms with Gasteiger partial charge in [-0.1, -0.05) is 109 Å². The van der Waals surface area contributed by atoms with Crippen LogP contribution in [0.1, 0.15) is 43.7 Å². The molecule has 0 bridgehead atoms. The largest absolute Gasteiger partial charge is 0.313 e. The molecule has 0 fully saturated rings. The zero-order valence-corrected chi connectivity index (χ0v) is 26.6. The van der Waals surface area contributed by atoms with Gasteiger partial charge in [-0.15, -0.1) is 0 Å². The number of aromatic nitrogens is 2. The fourth-order valence-corrected chi connectivity index (χ4v) is 8.50. The molecule has 2 atom stereocenters. The summed E-state index contributed by atoms with van der Waals surface area (Å²) in [5.74, 6) is 0.792. The van der Waals surface area contributed by atoms with Crippen LogP contribution in [0.4, 0.5) is 0 Å². The lowest BCUT2D eigenvalue weighted by atomic mass is 9.73. The summed E-state index contributed by atoms with van der Waals surface area (Å²) in [6.07, 6.45) is 16.8. The molecule has 3 aliphatic rings. The van der Waals surface area contributed by atoms with Gasteiger partial charge in [-0.25, -0.2) is 0 Å². The highest BCUT2D eigenvalue weighted by molar-refractivity contribution is 5.91. The molecule has 4 aromatic carbocycles. The van der Waals surface area contributed by atoms with E-state index in [0.717, 1.165) is 25.7 Å². The summed E-state index contributed by atoms with van der Waals surface area (Å²) in [7, 11) is 0. The van der Waals surface area contributed by atoms with Crippen molar-refractivity contribution in [3.63, 3.8) is 0 Å². The molecule has 6 aromatic rings. The van der Waals surface area contributed by atoms with Gasteiger partial charge in [0.25, 0.3) is 0 Å². The third kappa shape index (κ3) is 4.16. The molecule has 0 spiro atoms. The fraction of sp³-hybridized carbons (Fsp3) is 0.182. The van der Waals surface area contributed by atoms with Crippen molar-refractivity contribution < 1.29 is 0 Å². The number of aryl methyl sites for hydroxylation is 1. The van der Waals surface area contributed by atoms with Crippen molar-refractivity contribution in [1.82, 2.24) is 9.13 Å². The van der Waals surface area contributed by atoms with Gasteiger partial charge < -0.3 is 9.13 Å². The van der Waals surface area contributed by atoms with E-state index in [9.17, 15) is 0 Å². The minimum Gasteiger partial charge on any atom is -0.313 e. The van der Waals surface area contributed by atoms with Crippen LogP contribution in [0.15, 0.2) is 115 Å². The van der Waals surface area contributed by atoms with E-state index in [-0.39, 0.29) is 0 Å². The molecule has 2 heteroatoms. The minimum atomic E-state index is 0.391. The van der Waals surface area contributed by atoms with Crippen molar-refractivity contribution in [2.75, 3.05) is 0 Å². The average molecular weight is 595 g/mol. The van der Waals surface area contributed by atoms with E-state index in [4.69, 9.17) is 0 Å². The summed E-state index contributed by atoms with van der Waals surface area (Å²) in [6, 6.07) is 37.7. The Morgan fingerprint density at radius 1 is 0.609 bits per heavy atom. The molecule has 9 rings (SSSR count). The van der Waals surface area contributed by atoms with E-state index in [1.165, 1.54) is 76.6 Å². The number of fused-ring (bicyclic) bond motifs is 6. The molecular weight excluding hydrogens is 556 g/mol. The standard InChI is InChI=1S/C44H38N2/c1-29-14-6-7-17-34(29)39-28-33(46-41-21-11-8-18-35(41)36-19-9-12-22-42(36)46)27-38(30(39)2)31-24-25-44-40(26-31)37-20-10-13-23-43(37)45(44)32-15-4-3-5-16-32/h3-8,10-11,13-23,25-26,28,31,38H,9,12,24,27H2,1-2H3. The van der Waals surface area contributed by atoms with Crippen LogP contribution in [-0.2, 0) is 0 Å². The highest BCUT2D eigenvalue weighted by Crippen LogP contribution is 2.43. The van der Waals surface area contributed by atoms with E-state index in [2.05, 4.69) is 156 Å². The van der Waals surface area contributed by atoms with E-state index < -0.39 is 0 Å². The average Bonchev–Trinajstić information content (AvgIpc) is 3.62. The molecular formula is C44H38N2. The summed E-state index contributed by atoms with van der Waals surface area (Å²) in [5, 5.41) is 8.18. The maximum absolute atomic E-state index is 2.62. The van der Waals surface area contributed by atoms with E-state index in [1.807, 2.05) is 0 Å². The minimum absolute atomic E-state index is 0.391. The van der Waals surface area contributed by atoms with Crippen LogP contribution in [0.3, 0.4) is 0 Å². The van der Waals surface area contributed by atoms with Crippen LogP contribution in [0.25, 0.3) is 63.1 Å². The van der Waals surface area contributed by atoms with Crippen molar-refractivity contribution >= 4 is 57.4 Å². The number of benzene rings is 4. The van der Waals surface area contributed by atoms with Crippen LogP contribution >= 0.6 is 0 Å². The molecule has 0 radical (unpaired) electrons. The molecule has 0 saturated heterocycles. The molecule has 0 saturated carbocycles. The van der Waals surface area contributed by atoms with Crippen molar-refractivity contribution in [3.8, 4) is 5.69 Å². The molecule has 2 aromatic heterocycles. The Morgan fingerprint density at radius 2 is 1.26 bits per heavy atom. The Kier molecular flexibility index (Phi) is 6.38. The normalized spacial score (nSPS) is 19.0. The second-order valence-electron chi connectivity index (χ2n) is 13.3. The topological polar surface area (TPSA) is 9.86 Å². The first kappa shape index (κ1) is 27.2. The highest BCUT2D eigenvalue weighted by atomic mass is 15.0. The maximum atomic E-state index is 2.62. The quantitative estimate of drug-likeness (QED) is 0.197. The molecule has 2 nitrogen and oxygen atoms in total. The third-order valence-electron chi connectivity index (χ3n) is 10.7. The van der Waals surface area contributed by atoms with Crippen LogP contribution in [-0.4, -0.2) is 9.13 Å². The zero-order valence-electron chi connectivity index (χ0n) is 26.6. The number of rotatable bonds is 4. The monoisotopic (exact) mass is 594 g/mol. The molecule has 224 valence electrons. The Balaban J connectivity index is 1.26. The first-order valence-corrected chi connectivity index (χ1v) is 16.8. The second kappa shape index (κ2) is 10.8. The molecule has 2 heterocycles. The molecule has 46 heavy (non-hydrogen) atoms. The first-order valence-electron chi connectivity index (χ1n) is 16.8. The number of hydrogen-bond donors (Lipinski definition) is 0. The predicted octanol–water partition coefficient (Wildman–Crippen LogP) is 7.86. The van der Waals surface area contributed by atoms with Gasteiger partial charge in [0.05, 0.1) is 11.0 Å². The molecule has 2 unspecified atom stereocenters. The Hall–Kier alpha value is -5.08. The summed E-state index contributed by atoms with van der Waals surface area (Å²) < 4.78 is 5.05. The third-order valence-corrected chi connectivity index (χ3v) is 10.7. The van der Waals surface area contributed by atoms with Crippen LogP contribution < -0.4 is 21.1 Å². The van der Waals surface area contributed by atoms with Gasteiger partial charge in [0.15, 0.2) is 0 Å². The fourth-order valence-electron chi connectivity index (χ4n) is 8.50. The Bertz CT molecular complexity index is 2500. The smallest absolute Gasteiger partial charge is 0.0540 e. The second-order valence-corrected chi connectivity index (χ2v) is 13.3. The van der Waals surface area contributed by atoms with Crippen molar-refractivity contribution in [2.45, 2.75) is 39.5 Å². The predicted molar refractivity (Wildman–Crippen MR) is 195 cm³/mol. The van der Waals surface area contributed by atoms with Gasteiger partial charge >= 0.3 is 0 Å². The first-order chi connectivity index (χ1) is 22.7. The summed E-state index contributed by atoms with van der Waals surface area (Å²) >= 11 is 0. The lowest BCUT2D eigenvalue weighted by Crippen LogP contribution is -2.35. The van der Waals surface area contributed by atoms with Crippen LogP contribution in [0.2, 0.25) is 0 Å². The van der Waals surface area contributed by atoms with Gasteiger partial charge in [0.1, 0.15) is 0 Å². The Morgan fingerprint density at radius 3 is 2.07 bits per heavy atom. The number of para-hydroxylation sites is 3. The number of hydrogen-bond acceptors (Lipinski definition) is 0. The lowest BCUT2D eigenvalue weighted by Gasteiger charge is -2.33. The highest BCUT2D eigenvalue weighted by Gasteiger charge is 2.31. The molecule has 0 aliphatic heterocycles. The lowest BCUT2D eigenvalue weighted by molar-refractivity contribution is 0.484. The van der Waals surface area contributed by atoms with Gasteiger partial charge in [-0.3, -0.25) is 0 Å². The number of allylic oxidation sites excluding steroid dienone is 4. The van der Waals surface area contributed by atoms with Gasteiger partial charge in [-0.05, 0) is 98.4 Å². The SMILES string of the molecule is CC1=C(c2ccccc2C)C=C(n2c3c(c4ccccc42)=CCCC=3)CC1C1C=c2c(n(-c3ccccc3)c3ccccc23)=CC1. The molecule has 0 amide bonds. The Labute approximate surface area is 269 Å².